The van der Waals surface area contributed by atoms with E-state index in [1.807, 2.05) is 0 Å². The Kier molecular flexibility index (Phi) is 4.04. The molecule has 70 valence electrons. The number of aliphatic hydroxyl groups is 1. The third-order valence-electron chi connectivity index (χ3n) is 2.01. The van der Waals surface area contributed by atoms with Gasteiger partial charge in [0.2, 0.25) is 5.91 Å². The predicted molar refractivity (Wildman–Crippen MR) is 45.7 cm³/mol. The minimum atomic E-state index is 0.00342. The SMILES string of the molecule is O=C(NCCCO)[C@@H]1CCCN1. The van der Waals surface area contributed by atoms with E-state index in [1.165, 1.54) is 0 Å². The number of carbonyl (C=O) groups excluding carboxylic acids is 1. The number of amides is 1. The zero-order valence-electron chi connectivity index (χ0n) is 7.18. The van der Waals surface area contributed by atoms with Gasteiger partial charge in [0, 0.05) is 13.2 Å². The van der Waals surface area contributed by atoms with Crippen molar-refractivity contribution in [3.63, 3.8) is 0 Å². The van der Waals surface area contributed by atoms with E-state index in [9.17, 15) is 4.79 Å². The van der Waals surface area contributed by atoms with Crippen LogP contribution in [0.4, 0.5) is 0 Å². The van der Waals surface area contributed by atoms with E-state index >= 15 is 0 Å². The van der Waals surface area contributed by atoms with Crippen LogP contribution in [0.5, 0.6) is 0 Å². The number of nitrogens with one attached hydrogen (secondary N) is 2. The second-order valence-corrected chi connectivity index (χ2v) is 3.02. The van der Waals surface area contributed by atoms with E-state index in [4.69, 9.17) is 5.11 Å². The van der Waals surface area contributed by atoms with Crippen LogP contribution in [0.25, 0.3) is 0 Å². The van der Waals surface area contributed by atoms with Crippen molar-refractivity contribution in [2.45, 2.75) is 25.3 Å². The maximum Gasteiger partial charge on any atom is 0.237 e. The first-order valence-electron chi connectivity index (χ1n) is 4.46. The summed E-state index contributed by atoms with van der Waals surface area (Å²) in [4.78, 5) is 11.3. The van der Waals surface area contributed by atoms with E-state index in [0.717, 1.165) is 19.4 Å². The maximum absolute atomic E-state index is 11.3. The van der Waals surface area contributed by atoms with Gasteiger partial charge >= 0.3 is 0 Å². The zero-order valence-corrected chi connectivity index (χ0v) is 7.18. The van der Waals surface area contributed by atoms with Gasteiger partial charge in [-0.05, 0) is 25.8 Å². The molecule has 0 aromatic carbocycles. The third kappa shape index (κ3) is 2.79. The average Bonchev–Trinajstić information content (AvgIpc) is 2.56. The predicted octanol–water partition coefficient (Wildman–Crippen LogP) is -0.763. The van der Waals surface area contributed by atoms with Crippen molar-refractivity contribution in [2.24, 2.45) is 0 Å². The molecule has 0 unspecified atom stereocenters. The van der Waals surface area contributed by atoms with Crippen molar-refractivity contribution >= 4 is 5.91 Å². The smallest absolute Gasteiger partial charge is 0.237 e. The van der Waals surface area contributed by atoms with Crippen molar-refractivity contribution in [3.8, 4) is 0 Å². The lowest BCUT2D eigenvalue weighted by Crippen LogP contribution is -2.40. The van der Waals surface area contributed by atoms with Crippen LogP contribution in [-0.2, 0) is 4.79 Å². The standard InChI is InChI=1S/C8H16N2O2/c11-6-2-5-10-8(12)7-3-1-4-9-7/h7,9,11H,1-6H2,(H,10,12)/t7-/m0/s1. The summed E-state index contributed by atoms with van der Waals surface area (Å²) in [6, 6.07) is 0.00342. The Morgan fingerprint density at radius 2 is 2.50 bits per heavy atom. The monoisotopic (exact) mass is 172 g/mol. The summed E-state index contributed by atoms with van der Waals surface area (Å²) in [5, 5.41) is 14.4. The van der Waals surface area contributed by atoms with Gasteiger partial charge in [-0.3, -0.25) is 4.79 Å². The van der Waals surface area contributed by atoms with Gasteiger partial charge in [0.25, 0.3) is 0 Å². The molecule has 1 saturated heterocycles. The van der Waals surface area contributed by atoms with Crippen molar-refractivity contribution in [1.82, 2.24) is 10.6 Å². The fourth-order valence-corrected chi connectivity index (χ4v) is 1.32. The lowest BCUT2D eigenvalue weighted by Gasteiger charge is -2.09. The van der Waals surface area contributed by atoms with Crippen LogP contribution >= 0.6 is 0 Å². The van der Waals surface area contributed by atoms with Gasteiger partial charge in [0.15, 0.2) is 0 Å². The summed E-state index contributed by atoms with van der Waals surface area (Å²) in [5.74, 6) is 0.0703. The highest BCUT2D eigenvalue weighted by Crippen LogP contribution is 2.03. The molecule has 4 heteroatoms. The van der Waals surface area contributed by atoms with Crippen LogP contribution in [0.15, 0.2) is 0 Å². The van der Waals surface area contributed by atoms with Crippen LogP contribution in [0.1, 0.15) is 19.3 Å². The van der Waals surface area contributed by atoms with E-state index in [-0.39, 0.29) is 18.6 Å². The van der Waals surface area contributed by atoms with Crippen molar-refractivity contribution < 1.29 is 9.90 Å². The minimum absolute atomic E-state index is 0.00342. The summed E-state index contributed by atoms with van der Waals surface area (Å²) >= 11 is 0. The van der Waals surface area contributed by atoms with Crippen molar-refractivity contribution in [1.29, 1.82) is 0 Å². The fourth-order valence-electron chi connectivity index (χ4n) is 1.32. The molecule has 12 heavy (non-hydrogen) atoms. The van der Waals surface area contributed by atoms with Gasteiger partial charge in [0.05, 0.1) is 6.04 Å². The molecule has 1 fully saturated rings. The maximum atomic E-state index is 11.3. The largest absolute Gasteiger partial charge is 0.396 e. The normalized spacial score (nSPS) is 22.6. The number of hydrogen-bond donors (Lipinski definition) is 3. The van der Waals surface area contributed by atoms with E-state index in [2.05, 4.69) is 10.6 Å². The number of carbonyl (C=O) groups is 1. The lowest BCUT2D eigenvalue weighted by atomic mass is 10.2. The molecule has 0 aromatic rings. The molecular formula is C8H16N2O2. The second-order valence-electron chi connectivity index (χ2n) is 3.02. The van der Waals surface area contributed by atoms with Gasteiger partial charge in [-0.25, -0.2) is 0 Å². The first-order valence-corrected chi connectivity index (χ1v) is 4.46. The molecule has 1 heterocycles. The Morgan fingerprint density at radius 3 is 3.08 bits per heavy atom. The topological polar surface area (TPSA) is 61.4 Å². The van der Waals surface area contributed by atoms with Crippen molar-refractivity contribution in [2.75, 3.05) is 19.7 Å². The van der Waals surface area contributed by atoms with Crippen LogP contribution in [0.3, 0.4) is 0 Å². The number of rotatable bonds is 4. The number of hydrogen-bond acceptors (Lipinski definition) is 3. The molecule has 0 saturated carbocycles. The molecule has 1 aliphatic rings. The molecule has 0 radical (unpaired) electrons. The molecule has 1 rings (SSSR count). The highest BCUT2D eigenvalue weighted by atomic mass is 16.3. The van der Waals surface area contributed by atoms with Gasteiger partial charge in [-0.15, -0.1) is 0 Å². The van der Waals surface area contributed by atoms with E-state index < -0.39 is 0 Å². The van der Waals surface area contributed by atoms with Crippen LogP contribution in [0.2, 0.25) is 0 Å². The quantitative estimate of drug-likeness (QED) is 0.488. The van der Waals surface area contributed by atoms with Crippen LogP contribution in [-0.4, -0.2) is 36.8 Å². The lowest BCUT2D eigenvalue weighted by molar-refractivity contribution is -0.122. The Hall–Kier alpha value is -0.610. The Balaban J connectivity index is 2.10. The summed E-state index contributed by atoms with van der Waals surface area (Å²) in [6.07, 6.45) is 2.65. The molecule has 0 aromatic heterocycles. The molecule has 1 atom stereocenters. The summed E-state index contributed by atoms with van der Waals surface area (Å²) in [5.41, 5.74) is 0. The Bertz CT molecular complexity index is 144. The summed E-state index contributed by atoms with van der Waals surface area (Å²) in [6.45, 7) is 1.66. The Labute approximate surface area is 72.3 Å². The first-order chi connectivity index (χ1) is 5.84. The highest BCUT2D eigenvalue weighted by Gasteiger charge is 2.20. The molecule has 3 N–H and O–H groups in total. The van der Waals surface area contributed by atoms with Gasteiger partial charge in [-0.2, -0.15) is 0 Å². The highest BCUT2D eigenvalue weighted by molar-refractivity contribution is 5.81. The second kappa shape index (κ2) is 5.11. The Morgan fingerprint density at radius 1 is 1.67 bits per heavy atom. The van der Waals surface area contributed by atoms with Gasteiger partial charge in [0.1, 0.15) is 0 Å². The molecule has 1 aliphatic heterocycles. The minimum Gasteiger partial charge on any atom is -0.396 e. The molecule has 0 spiro atoms. The third-order valence-corrected chi connectivity index (χ3v) is 2.01. The van der Waals surface area contributed by atoms with Crippen molar-refractivity contribution in [3.05, 3.63) is 0 Å². The van der Waals surface area contributed by atoms with Crippen LogP contribution < -0.4 is 10.6 Å². The molecular weight excluding hydrogens is 156 g/mol. The van der Waals surface area contributed by atoms with Gasteiger partial charge < -0.3 is 15.7 Å². The molecule has 0 bridgehead atoms. The number of aliphatic hydroxyl groups excluding tert-OH is 1. The first kappa shape index (κ1) is 9.48. The fraction of sp³-hybridized carbons (Fsp3) is 0.875. The average molecular weight is 172 g/mol. The summed E-state index contributed by atoms with van der Waals surface area (Å²) < 4.78 is 0. The molecule has 0 aliphatic carbocycles. The molecule has 4 nitrogen and oxygen atoms in total. The van der Waals surface area contributed by atoms with Gasteiger partial charge in [-0.1, -0.05) is 0 Å². The van der Waals surface area contributed by atoms with E-state index in [0.29, 0.717) is 13.0 Å². The molecule has 1 amide bonds. The van der Waals surface area contributed by atoms with Crippen LogP contribution in [0, 0.1) is 0 Å². The summed E-state index contributed by atoms with van der Waals surface area (Å²) in [7, 11) is 0. The zero-order chi connectivity index (χ0) is 8.81. The van der Waals surface area contributed by atoms with E-state index in [1.54, 1.807) is 0 Å².